The van der Waals surface area contributed by atoms with Gasteiger partial charge in [0.25, 0.3) is 0 Å². The number of fused-ring (bicyclic) bond motifs is 7. The van der Waals surface area contributed by atoms with Gasteiger partial charge in [-0.25, -0.2) is 9.55 Å². The predicted molar refractivity (Wildman–Crippen MR) is 331 cm³/mol. The Morgan fingerprint density at radius 2 is 1.52 bits per heavy atom. The maximum atomic E-state index is 14.4. The highest BCUT2D eigenvalue weighted by atomic mass is 31.2. The van der Waals surface area contributed by atoms with Crippen LogP contribution in [0.5, 0.6) is 0 Å². The van der Waals surface area contributed by atoms with Crippen LogP contribution >= 0.6 is 7.82 Å². The van der Waals surface area contributed by atoms with Crippen LogP contribution in [-0.4, -0.2) is 137 Å². The number of carbonyl (C=O) groups excluding carboxylic acids is 5. The van der Waals surface area contributed by atoms with Gasteiger partial charge in [0, 0.05) is 125 Å². The number of phosphoric acid groups is 1. The van der Waals surface area contributed by atoms with E-state index in [2.05, 4.69) is 15.6 Å². The molecule has 1 aromatic carbocycles. The first-order chi connectivity index (χ1) is 41.8. The Balaban J connectivity index is 1.19. The molecule has 2 fully saturated rings. The molecule has 2 saturated heterocycles. The Morgan fingerprint density at radius 3 is 2.13 bits per heavy atom. The highest BCUT2D eigenvalue weighted by Crippen LogP contribution is 2.63. The fourth-order valence-corrected chi connectivity index (χ4v) is 16.6. The number of aliphatic carboxylic acids is 1. The second-order valence-electron chi connectivity index (χ2n) is 27.0. The van der Waals surface area contributed by atoms with Crippen LogP contribution in [-0.2, 0) is 47.1 Å². The zero-order chi connectivity index (χ0) is 66.7. The number of carboxylic acids is 1. The lowest BCUT2D eigenvalue weighted by Gasteiger charge is -2.48. The summed E-state index contributed by atoms with van der Waals surface area (Å²) >= 11 is 0. The Bertz CT molecular complexity index is 3540. The lowest BCUT2D eigenvalue weighted by atomic mass is 9.55. The monoisotopic (exact) mass is 1270 g/mol. The number of aromatic nitrogens is 2. The number of phosphoric ester groups is 1. The van der Waals surface area contributed by atoms with Crippen LogP contribution in [0.2, 0.25) is 0 Å². The van der Waals surface area contributed by atoms with E-state index in [9.17, 15) is 58.7 Å². The Hall–Kier alpha value is -7.00. The minimum atomic E-state index is -5.08. The van der Waals surface area contributed by atoms with Gasteiger partial charge in [-0.2, -0.15) is 0 Å². The Kier molecular flexibility index (Phi) is 19.6. The summed E-state index contributed by atoms with van der Waals surface area (Å²) in [4.78, 5) is 113. The maximum absolute atomic E-state index is 14.4. The SMILES string of the molecule is C/C1=C2N=C(/C=C3\N/C(=C(/C)C4=N[C@](C)([C@@H]5N=C1[C@](C)(CCC(=O)NC[C@@H](C)OP(=O)(O)O[C@H]1[C@@H](O)[C@@H](n6cnc7cc(C)c(C)cc76)O[C@H]1CO)[C@H]5CC(N)=O)[C@@](C)(CC(N)=O)[C@@H]4CCC(=O)O)[C@@](C)(CC(N)=O)[C@@H]3CCC(=N)[O-])C(C)(C)[C@@H]/2CCC(N)=O. The molecule has 0 aliphatic carbocycles. The van der Waals surface area contributed by atoms with E-state index in [0.29, 0.717) is 56.4 Å². The third-order valence-corrected chi connectivity index (χ3v) is 21.7. The highest BCUT2D eigenvalue weighted by Gasteiger charge is 2.66. The highest BCUT2D eigenvalue weighted by molar-refractivity contribution is 7.47. The van der Waals surface area contributed by atoms with Gasteiger partial charge >= 0.3 is 13.8 Å². The number of aliphatic hydroxyl groups excluding tert-OH is 2. The summed E-state index contributed by atoms with van der Waals surface area (Å²) in [6.45, 7) is 19.0. The number of benzene rings is 1. The van der Waals surface area contributed by atoms with Gasteiger partial charge in [-0.05, 0) is 120 Å². The van der Waals surface area contributed by atoms with E-state index >= 15 is 0 Å². The van der Waals surface area contributed by atoms with Gasteiger partial charge < -0.3 is 73.6 Å². The molecule has 8 bridgehead atoms. The summed E-state index contributed by atoms with van der Waals surface area (Å²) in [6.07, 6.45) is -5.09. The largest absolute Gasteiger partial charge is 0.862 e. The molecule has 0 radical (unpaired) electrons. The summed E-state index contributed by atoms with van der Waals surface area (Å²) < 4.78 is 32.2. The minimum Gasteiger partial charge on any atom is -0.862 e. The number of carbonyl (C=O) groups is 6. The topological polar surface area (TPSA) is 458 Å². The average Bonchev–Trinajstić information content (AvgIpc) is 1.53. The number of hydrogen-bond donors (Lipinski definition) is 11. The number of aliphatic hydroxyl groups is 2. The fourth-order valence-electron chi connectivity index (χ4n) is 15.4. The van der Waals surface area contributed by atoms with Crippen molar-refractivity contribution in [2.45, 2.75) is 189 Å². The number of rotatable bonds is 26. The number of primary amides is 4. The van der Waals surface area contributed by atoms with Crippen molar-refractivity contribution in [3.8, 4) is 0 Å². The molecule has 28 heteroatoms. The van der Waals surface area contributed by atoms with Crippen LogP contribution in [0.4, 0.5) is 0 Å². The zero-order valence-electron chi connectivity index (χ0n) is 53.0. The molecule has 15 atom stereocenters. The van der Waals surface area contributed by atoms with Gasteiger partial charge in [0.05, 0.1) is 41.7 Å². The molecular weight excluding hydrogens is 1180 g/mol. The number of aryl methyl sites for hydroxylation is 2. The maximum Gasteiger partial charge on any atom is 0.472 e. The van der Waals surface area contributed by atoms with E-state index in [0.717, 1.165) is 11.1 Å². The number of aliphatic imine (C=N–C) groups is 3. The second-order valence-corrected chi connectivity index (χ2v) is 28.3. The molecule has 2 aromatic rings. The summed E-state index contributed by atoms with van der Waals surface area (Å²) in [5.74, 6) is -8.27. The fraction of sp³-hybridized carbons (Fsp3) is 0.629. The van der Waals surface area contributed by atoms with Crippen LogP contribution in [0.25, 0.3) is 11.0 Å². The van der Waals surface area contributed by atoms with Crippen molar-refractivity contribution < 1.29 is 72.4 Å². The minimum absolute atomic E-state index is 0.0330. The van der Waals surface area contributed by atoms with Crippen molar-refractivity contribution in [1.82, 2.24) is 20.2 Å². The number of nitrogens with zero attached hydrogens (tertiary/aromatic N) is 5. The van der Waals surface area contributed by atoms with E-state index in [1.807, 2.05) is 66.7 Å². The summed E-state index contributed by atoms with van der Waals surface area (Å²) in [6, 6.07) is 2.65. The molecule has 5 amide bonds. The average molecular weight is 1270 g/mol. The number of amides is 5. The number of hydrogen-bond acceptors (Lipinski definition) is 19. The quantitative estimate of drug-likeness (QED) is 0.0364. The van der Waals surface area contributed by atoms with Crippen LogP contribution < -0.4 is 38.7 Å². The normalized spacial score (nSPS) is 34.2. The van der Waals surface area contributed by atoms with Crippen molar-refractivity contribution in [2.75, 3.05) is 13.2 Å². The van der Waals surface area contributed by atoms with Crippen molar-refractivity contribution in [1.29, 1.82) is 5.41 Å². The lowest BCUT2D eigenvalue weighted by Crippen LogP contribution is -2.56. The smallest absolute Gasteiger partial charge is 0.472 e. The van der Waals surface area contributed by atoms with Crippen LogP contribution in [0.15, 0.2) is 67.8 Å². The first-order valence-corrected chi connectivity index (χ1v) is 32.0. The van der Waals surface area contributed by atoms with Crippen LogP contribution in [0, 0.1) is 64.6 Å². The molecule has 27 nitrogen and oxygen atoms in total. The number of carboxylic acid groups (broad SMARTS) is 1. The summed E-state index contributed by atoms with van der Waals surface area (Å²) in [5.41, 5.74) is 25.0. The molecule has 1 unspecified atom stereocenters. The van der Waals surface area contributed by atoms with Gasteiger partial charge in [-0.3, -0.25) is 52.8 Å². The van der Waals surface area contributed by atoms with E-state index < -0.39 is 143 Å². The number of nitrogens with one attached hydrogen (secondary N) is 3. The number of ether oxygens (including phenoxy) is 1. The molecule has 0 spiro atoms. The van der Waals surface area contributed by atoms with Gasteiger partial charge in [-0.1, -0.05) is 34.6 Å². The lowest BCUT2D eigenvalue weighted by molar-refractivity contribution is -0.220. The first kappa shape index (κ1) is 68.9. The van der Waals surface area contributed by atoms with Gasteiger partial charge in [0.2, 0.25) is 29.5 Å². The third-order valence-electron chi connectivity index (χ3n) is 20.5. The van der Waals surface area contributed by atoms with E-state index in [4.69, 9.17) is 57.1 Å². The van der Waals surface area contributed by atoms with Crippen molar-refractivity contribution in [2.24, 2.45) is 83.2 Å². The third kappa shape index (κ3) is 13.0. The van der Waals surface area contributed by atoms with E-state index in [1.54, 1.807) is 25.3 Å². The molecule has 15 N–H and O–H groups in total. The van der Waals surface area contributed by atoms with Crippen molar-refractivity contribution in [3.63, 3.8) is 0 Å². The first-order valence-electron chi connectivity index (χ1n) is 30.5. The molecule has 1 aromatic heterocycles. The molecule has 6 aliphatic rings. The molecule has 8 rings (SSSR count). The zero-order valence-corrected chi connectivity index (χ0v) is 53.9. The number of allylic oxidation sites excluding steroid dienone is 6. The second kappa shape index (κ2) is 25.6. The Labute approximate surface area is 522 Å². The van der Waals surface area contributed by atoms with Crippen molar-refractivity contribution >= 4 is 77.4 Å². The number of imidazole rings is 1. The summed E-state index contributed by atoms with van der Waals surface area (Å²) in [7, 11) is -5.08. The number of nitrogens with two attached hydrogens (primary N) is 4. The molecule has 6 aliphatic heterocycles. The van der Waals surface area contributed by atoms with Gasteiger partial charge in [0.15, 0.2) is 6.23 Å². The van der Waals surface area contributed by atoms with E-state index in [1.165, 1.54) is 13.3 Å². The molecular formula is C62H88N12O15P-. The van der Waals surface area contributed by atoms with Gasteiger partial charge in [-0.15, -0.1) is 0 Å². The standard InChI is InChI=1S/C62H89N12O15P/c1-29-20-39-40(21-30(29)2)74(28-69-39)57-52(84)53(41(27-75)87-57)89-90(85,86)88-31(3)26-68-48(81)18-19-59(8)37(22-45(65)78)56-62(11)61(10,25-47(67)80)36(14-17-49(82)83)51(73-62)33(5)55-60(9,24-46(66)79)34(12-15-43(63)76)38(70-55)23-42-58(6,7)35(13-16-44(64)77)50(71-42)32(4)54(59)72-56/h20-21,23,28,31,34-37,41,52-53,56-57,70,75,84H,12-19,22,24-27H2,1-11H3,(H2,63,76)(H2,64,77)(H2,65,78)(H2,66,79)(H2,67,80)(H,68,81)(H,82,83)(H,85,86)/p-1/b38-23-,50-32-,55-33-/t31-,34-,35-,36-,37+,41+,52-,53-,56-,57+,59-,60+,61+,62-/m1/s1. The molecule has 7 heterocycles. The molecule has 492 valence electrons. The predicted octanol–water partition coefficient (Wildman–Crippen LogP) is 3.61. The summed E-state index contributed by atoms with van der Waals surface area (Å²) in [5, 5.41) is 59.0. The van der Waals surface area contributed by atoms with E-state index in [-0.39, 0.29) is 77.2 Å². The van der Waals surface area contributed by atoms with Gasteiger partial charge in [0.1, 0.15) is 18.3 Å². The van der Waals surface area contributed by atoms with Crippen molar-refractivity contribution in [3.05, 3.63) is 63.9 Å². The molecule has 0 saturated carbocycles. The Morgan fingerprint density at radius 1 is 0.878 bits per heavy atom. The van der Waals surface area contributed by atoms with Crippen LogP contribution in [0.1, 0.15) is 150 Å². The molecule has 90 heavy (non-hydrogen) atoms. The van der Waals surface area contributed by atoms with Crippen LogP contribution in [0.3, 0.4) is 0 Å².